The summed E-state index contributed by atoms with van der Waals surface area (Å²) in [6, 6.07) is 16.2. The first-order valence-electron chi connectivity index (χ1n) is 8.54. The molecule has 2 aromatic rings. The summed E-state index contributed by atoms with van der Waals surface area (Å²) in [7, 11) is 0. The van der Waals surface area contributed by atoms with Crippen molar-refractivity contribution < 1.29 is 9.53 Å². The molecule has 0 aliphatic heterocycles. The van der Waals surface area contributed by atoms with Crippen molar-refractivity contribution in [2.45, 2.75) is 32.2 Å². The molecule has 0 saturated heterocycles. The number of nitrogens with one attached hydrogen (secondary N) is 2. The Labute approximate surface area is 143 Å². The van der Waals surface area contributed by atoms with Crippen molar-refractivity contribution in [3.05, 3.63) is 65.2 Å². The molecule has 0 bridgehead atoms. The van der Waals surface area contributed by atoms with Crippen LogP contribution in [-0.4, -0.2) is 19.2 Å². The summed E-state index contributed by atoms with van der Waals surface area (Å²) in [6.45, 7) is 2.98. The van der Waals surface area contributed by atoms with E-state index >= 15 is 0 Å². The highest BCUT2D eigenvalue weighted by Crippen LogP contribution is 2.29. The second kappa shape index (κ2) is 7.86. The van der Waals surface area contributed by atoms with Crippen LogP contribution in [0.4, 0.5) is 4.79 Å². The van der Waals surface area contributed by atoms with Gasteiger partial charge in [-0.15, -0.1) is 0 Å². The van der Waals surface area contributed by atoms with Crippen LogP contribution in [0.3, 0.4) is 0 Å². The van der Waals surface area contributed by atoms with Crippen LogP contribution in [0.25, 0.3) is 0 Å². The quantitative estimate of drug-likeness (QED) is 0.823. The van der Waals surface area contributed by atoms with Crippen LogP contribution >= 0.6 is 0 Å². The third-order valence-corrected chi connectivity index (χ3v) is 4.35. The third kappa shape index (κ3) is 4.28. The van der Waals surface area contributed by atoms with E-state index in [1.54, 1.807) is 0 Å². The van der Waals surface area contributed by atoms with Gasteiger partial charge in [0.2, 0.25) is 0 Å². The van der Waals surface area contributed by atoms with Gasteiger partial charge in [0.1, 0.15) is 12.4 Å². The van der Waals surface area contributed by atoms with Gasteiger partial charge >= 0.3 is 6.03 Å². The Bertz CT molecular complexity index is 682. The lowest BCUT2D eigenvalue weighted by molar-refractivity contribution is 0.231. The van der Waals surface area contributed by atoms with E-state index in [1.807, 2.05) is 37.3 Å². The first-order chi connectivity index (χ1) is 11.7. The Hall–Kier alpha value is -2.49. The van der Waals surface area contributed by atoms with Gasteiger partial charge in [-0.25, -0.2) is 4.79 Å². The number of benzene rings is 2. The highest BCUT2D eigenvalue weighted by atomic mass is 16.5. The molecule has 126 valence electrons. The van der Waals surface area contributed by atoms with Crippen LogP contribution in [0, 0.1) is 6.92 Å². The molecule has 1 aliphatic rings. The molecule has 1 aliphatic carbocycles. The smallest absolute Gasteiger partial charge is 0.315 e. The minimum Gasteiger partial charge on any atom is -0.492 e. The highest BCUT2D eigenvalue weighted by molar-refractivity contribution is 5.74. The maximum absolute atomic E-state index is 12.1. The van der Waals surface area contributed by atoms with Crippen molar-refractivity contribution in [2.75, 3.05) is 13.2 Å². The zero-order valence-electron chi connectivity index (χ0n) is 14.0. The Balaban J connectivity index is 1.42. The van der Waals surface area contributed by atoms with Gasteiger partial charge in [-0.1, -0.05) is 42.0 Å². The first kappa shape index (κ1) is 16.4. The van der Waals surface area contributed by atoms with E-state index in [9.17, 15) is 4.79 Å². The number of hydrogen-bond donors (Lipinski definition) is 2. The van der Waals surface area contributed by atoms with E-state index in [4.69, 9.17) is 4.74 Å². The number of rotatable bonds is 5. The van der Waals surface area contributed by atoms with Crippen molar-refractivity contribution in [1.82, 2.24) is 10.6 Å². The summed E-state index contributed by atoms with van der Waals surface area (Å²) in [5, 5.41) is 5.94. The van der Waals surface area contributed by atoms with Crippen molar-refractivity contribution >= 4 is 6.03 Å². The molecule has 4 heteroatoms. The van der Waals surface area contributed by atoms with E-state index in [0.29, 0.717) is 13.2 Å². The Morgan fingerprint density at radius 3 is 2.79 bits per heavy atom. The summed E-state index contributed by atoms with van der Waals surface area (Å²) in [5.41, 5.74) is 3.79. The zero-order chi connectivity index (χ0) is 16.8. The molecule has 0 heterocycles. The minimum absolute atomic E-state index is 0.105. The summed E-state index contributed by atoms with van der Waals surface area (Å²) in [6.07, 6.45) is 3.20. The lowest BCUT2D eigenvalue weighted by atomic mass is 9.88. The van der Waals surface area contributed by atoms with Gasteiger partial charge in [0.05, 0.1) is 12.6 Å². The van der Waals surface area contributed by atoms with Crippen LogP contribution < -0.4 is 15.4 Å². The van der Waals surface area contributed by atoms with Crippen LogP contribution in [0.5, 0.6) is 5.75 Å². The van der Waals surface area contributed by atoms with E-state index in [0.717, 1.165) is 25.0 Å². The molecule has 3 rings (SSSR count). The first-order valence-corrected chi connectivity index (χ1v) is 8.54. The molecule has 2 N–H and O–H groups in total. The predicted molar refractivity (Wildman–Crippen MR) is 95.3 cm³/mol. The van der Waals surface area contributed by atoms with Gasteiger partial charge in [-0.3, -0.25) is 0 Å². The Kier molecular flexibility index (Phi) is 5.36. The van der Waals surface area contributed by atoms with Gasteiger partial charge in [-0.05, 0) is 49.4 Å². The fourth-order valence-electron chi connectivity index (χ4n) is 3.08. The standard InChI is InChI=1S/C20H24N2O2/c1-15-9-11-17(12-10-15)24-14-13-21-20(23)22-19-8-4-6-16-5-2-3-7-18(16)19/h2-3,5,7,9-12,19H,4,6,8,13-14H2,1H3,(H2,21,22,23). The molecule has 0 radical (unpaired) electrons. The summed E-state index contributed by atoms with van der Waals surface area (Å²) < 4.78 is 5.62. The van der Waals surface area contributed by atoms with Crippen molar-refractivity contribution in [1.29, 1.82) is 0 Å². The Morgan fingerprint density at radius 1 is 1.17 bits per heavy atom. The minimum atomic E-state index is -0.135. The average molecular weight is 324 g/mol. The summed E-state index contributed by atoms with van der Waals surface area (Å²) >= 11 is 0. The molecule has 2 amide bonds. The normalized spacial score (nSPS) is 16.1. The van der Waals surface area contributed by atoms with Crippen LogP contribution in [0.2, 0.25) is 0 Å². The van der Waals surface area contributed by atoms with Crippen LogP contribution in [0.15, 0.2) is 48.5 Å². The number of carbonyl (C=O) groups is 1. The molecule has 24 heavy (non-hydrogen) atoms. The Morgan fingerprint density at radius 2 is 1.96 bits per heavy atom. The van der Waals surface area contributed by atoms with Gasteiger partial charge in [0, 0.05) is 0 Å². The fourth-order valence-corrected chi connectivity index (χ4v) is 3.08. The second-order valence-corrected chi connectivity index (χ2v) is 6.21. The summed E-state index contributed by atoms with van der Waals surface area (Å²) in [4.78, 5) is 12.1. The molecule has 0 spiro atoms. The third-order valence-electron chi connectivity index (χ3n) is 4.35. The molecule has 0 fully saturated rings. The molecule has 4 nitrogen and oxygen atoms in total. The van der Waals surface area contributed by atoms with Gasteiger partial charge in [0.15, 0.2) is 0 Å². The van der Waals surface area contributed by atoms with Crippen molar-refractivity contribution in [2.24, 2.45) is 0 Å². The predicted octanol–water partition coefficient (Wildman–Crippen LogP) is 3.75. The van der Waals surface area contributed by atoms with E-state index < -0.39 is 0 Å². The van der Waals surface area contributed by atoms with E-state index in [1.165, 1.54) is 16.7 Å². The second-order valence-electron chi connectivity index (χ2n) is 6.21. The number of hydrogen-bond acceptors (Lipinski definition) is 2. The summed E-state index contributed by atoms with van der Waals surface area (Å²) in [5.74, 6) is 0.823. The van der Waals surface area contributed by atoms with Crippen LogP contribution in [0.1, 0.15) is 35.6 Å². The SMILES string of the molecule is Cc1ccc(OCCNC(=O)NC2CCCc3ccccc32)cc1. The van der Waals surface area contributed by atoms with Crippen molar-refractivity contribution in [3.63, 3.8) is 0 Å². The molecule has 2 aromatic carbocycles. The number of urea groups is 1. The zero-order valence-corrected chi connectivity index (χ0v) is 14.0. The maximum atomic E-state index is 12.1. The fraction of sp³-hybridized carbons (Fsp3) is 0.350. The number of fused-ring (bicyclic) bond motifs is 1. The number of aryl methyl sites for hydroxylation is 2. The molecular formula is C20H24N2O2. The molecule has 0 aromatic heterocycles. The largest absolute Gasteiger partial charge is 0.492 e. The molecular weight excluding hydrogens is 300 g/mol. The van der Waals surface area contributed by atoms with Gasteiger partial charge in [0.25, 0.3) is 0 Å². The van der Waals surface area contributed by atoms with Gasteiger partial charge in [-0.2, -0.15) is 0 Å². The molecule has 1 unspecified atom stereocenters. The van der Waals surface area contributed by atoms with Crippen LogP contribution in [-0.2, 0) is 6.42 Å². The lowest BCUT2D eigenvalue weighted by Crippen LogP contribution is -2.40. The average Bonchev–Trinajstić information content (AvgIpc) is 2.61. The number of carbonyl (C=O) groups excluding carboxylic acids is 1. The monoisotopic (exact) mass is 324 g/mol. The molecule has 0 saturated carbocycles. The van der Waals surface area contributed by atoms with Crippen molar-refractivity contribution in [3.8, 4) is 5.75 Å². The molecule has 1 atom stereocenters. The van der Waals surface area contributed by atoms with E-state index in [-0.39, 0.29) is 12.1 Å². The number of ether oxygens (including phenoxy) is 1. The van der Waals surface area contributed by atoms with Gasteiger partial charge < -0.3 is 15.4 Å². The topological polar surface area (TPSA) is 50.4 Å². The lowest BCUT2D eigenvalue weighted by Gasteiger charge is -2.26. The maximum Gasteiger partial charge on any atom is 0.315 e. The van der Waals surface area contributed by atoms with E-state index in [2.05, 4.69) is 28.8 Å². The number of amides is 2. The highest BCUT2D eigenvalue weighted by Gasteiger charge is 2.20.